The third kappa shape index (κ3) is 3.18. The summed E-state index contributed by atoms with van der Waals surface area (Å²) in [7, 11) is 0. The lowest BCUT2D eigenvalue weighted by molar-refractivity contribution is 0.0765. The van der Waals surface area contributed by atoms with E-state index >= 15 is 0 Å². The Balaban J connectivity index is 1.71. The first-order chi connectivity index (χ1) is 7.25. The van der Waals surface area contributed by atoms with Gasteiger partial charge in [-0.25, -0.2) is 0 Å². The lowest BCUT2D eigenvalue weighted by Gasteiger charge is -2.31. The minimum Gasteiger partial charge on any atom is -0.377 e. The van der Waals surface area contributed by atoms with Crippen LogP contribution in [0.2, 0.25) is 0 Å². The standard InChI is InChI=1S/C13H25NO/c1-10-5-7-12(8-6-10)14-11(2)13-4-3-9-15-13/h10-14H,3-9H2,1-2H3. The quantitative estimate of drug-likeness (QED) is 0.775. The van der Waals surface area contributed by atoms with Crippen LogP contribution in [-0.2, 0) is 4.74 Å². The third-order valence-corrected chi connectivity index (χ3v) is 4.04. The summed E-state index contributed by atoms with van der Waals surface area (Å²) in [5.74, 6) is 0.945. The fourth-order valence-electron chi connectivity index (χ4n) is 2.90. The smallest absolute Gasteiger partial charge is 0.0726 e. The zero-order chi connectivity index (χ0) is 10.7. The van der Waals surface area contributed by atoms with Crippen LogP contribution in [0.3, 0.4) is 0 Å². The van der Waals surface area contributed by atoms with Crippen molar-refractivity contribution in [3.8, 4) is 0 Å². The monoisotopic (exact) mass is 211 g/mol. The Kier molecular flexibility index (Phi) is 4.04. The molecule has 0 aromatic rings. The van der Waals surface area contributed by atoms with Gasteiger partial charge in [-0.15, -0.1) is 0 Å². The third-order valence-electron chi connectivity index (χ3n) is 4.04. The molecule has 2 rings (SSSR count). The molecule has 2 atom stereocenters. The van der Waals surface area contributed by atoms with Crippen molar-refractivity contribution in [2.24, 2.45) is 5.92 Å². The summed E-state index contributed by atoms with van der Waals surface area (Å²) in [6.07, 6.45) is 8.49. The van der Waals surface area contributed by atoms with Gasteiger partial charge in [0.2, 0.25) is 0 Å². The molecule has 1 saturated heterocycles. The molecule has 2 unspecified atom stereocenters. The van der Waals surface area contributed by atoms with Gasteiger partial charge < -0.3 is 10.1 Å². The van der Waals surface area contributed by atoms with Gasteiger partial charge in [0.05, 0.1) is 6.10 Å². The van der Waals surface area contributed by atoms with Crippen LogP contribution in [-0.4, -0.2) is 24.8 Å². The van der Waals surface area contributed by atoms with Crippen molar-refractivity contribution in [2.45, 2.75) is 70.6 Å². The molecule has 1 saturated carbocycles. The molecule has 1 N–H and O–H groups in total. The van der Waals surface area contributed by atoms with Crippen LogP contribution < -0.4 is 5.32 Å². The van der Waals surface area contributed by atoms with Crippen molar-refractivity contribution in [3.05, 3.63) is 0 Å². The van der Waals surface area contributed by atoms with Crippen LogP contribution in [0.25, 0.3) is 0 Å². The Labute approximate surface area is 93.8 Å². The topological polar surface area (TPSA) is 21.3 Å². The van der Waals surface area contributed by atoms with Gasteiger partial charge >= 0.3 is 0 Å². The molecule has 1 aliphatic carbocycles. The average molecular weight is 211 g/mol. The summed E-state index contributed by atoms with van der Waals surface area (Å²) in [5.41, 5.74) is 0. The second kappa shape index (κ2) is 5.31. The molecule has 1 heterocycles. The number of ether oxygens (including phenoxy) is 1. The van der Waals surface area contributed by atoms with Gasteiger partial charge in [-0.05, 0) is 51.4 Å². The molecule has 0 amide bonds. The second-order valence-corrected chi connectivity index (χ2v) is 5.46. The molecule has 2 nitrogen and oxygen atoms in total. The van der Waals surface area contributed by atoms with Crippen LogP contribution in [0, 0.1) is 5.92 Å². The SMILES string of the molecule is CC1CCC(NC(C)C2CCCO2)CC1. The van der Waals surface area contributed by atoms with E-state index in [1.165, 1.54) is 38.5 Å². The molecule has 2 aliphatic rings. The van der Waals surface area contributed by atoms with Gasteiger partial charge in [0, 0.05) is 18.7 Å². The van der Waals surface area contributed by atoms with Gasteiger partial charge in [-0.1, -0.05) is 6.92 Å². The zero-order valence-electron chi connectivity index (χ0n) is 10.2. The number of hydrogen-bond donors (Lipinski definition) is 1. The molecule has 0 aromatic heterocycles. The number of hydrogen-bond acceptors (Lipinski definition) is 2. The van der Waals surface area contributed by atoms with Crippen LogP contribution in [0.4, 0.5) is 0 Å². The van der Waals surface area contributed by atoms with Crippen molar-refractivity contribution < 1.29 is 4.74 Å². The molecule has 0 radical (unpaired) electrons. The van der Waals surface area contributed by atoms with Crippen molar-refractivity contribution in [2.75, 3.05) is 6.61 Å². The molecule has 88 valence electrons. The molecule has 0 bridgehead atoms. The molecule has 0 aromatic carbocycles. The van der Waals surface area contributed by atoms with Crippen LogP contribution >= 0.6 is 0 Å². The Bertz CT molecular complexity index is 181. The van der Waals surface area contributed by atoms with Crippen molar-refractivity contribution in [1.29, 1.82) is 0 Å². The van der Waals surface area contributed by atoms with Crippen molar-refractivity contribution in [3.63, 3.8) is 0 Å². The average Bonchev–Trinajstić information content (AvgIpc) is 2.74. The van der Waals surface area contributed by atoms with E-state index < -0.39 is 0 Å². The Morgan fingerprint density at radius 2 is 1.87 bits per heavy atom. The summed E-state index contributed by atoms with van der Waals surface area (Å²) < 4.78 is 5.71. The highest BCUT2D eigenvalue weighted by Crippen LogP contribution is 2.25. The van der Waals surface area contributed by atoms with Crippen LogP contribution in [0.1, 0.15) is 52.4 Å². The Morgan fingerprint density at radius 1 is 1.13 bits per heavy atom. The Hall–Kier alpha value is -0.0800. The van der Waals surface area contributed by atoms with E-state index in [0.29, 0.717) is 12.1 Å². The van der Waals surface area contributed by atoms with E-state index in [4.69, 9.17) is 4.74 Å². The van der Waals surface area contributed by atoms with Crippen LogP contribution in [0.15, 0.2) is 0 Å². The van der Waals surface area contributed by atoms with Gasteiger partial charge in [0.15, 0.2) is 0 Å². The predicted molar refractivity (Wildman–Crippen MR) is 63.0 cm³/mol. The fourth-order valence-corrected chi connectivity index (χ4v) is 2.90. The van der Waals surface area contributed by atoms with Crippen LogP contribution in [0.5, 0.6) is 0 Å². The molecular weight excluding hydrogens is 186 g/mol. The molecule has 2 heteroatoms. The van der Waals surface area contributed by atoms with E-state index in [1.807, 2.05) is 0 Å². The van der Waals surface area contributed by atoms with Gasteiger partial charge in [0.25, 0.3) is 0 Å². The minimum absolute atomic E-state index is 0.476. The largest absolute Gasteiger partial charge is 0.377 e. The lowest BCUT2D eigenvalue weighted by atomic mass is 9.87. The second-order valence-electron chi connectivity index (χ2n) is 5.46. The highest BCUT2D eigenvalue weighted by Gasteiger charge is 2.26. The first-order valence-corrected chi connectivity index (χ1v) is 6.63. The number of nitrogens with one attached hydrogen (secondary N) is 1. The normalized spacial score (nSPS) is 39.2. The highest BCUT2D eigenvalue weighted by molar-refractivity contribution is 4.83. The van der Waals surface area contributed by atoms with E-state index in [0.717, 1.165) is 18.6 Å². The molecule has 0 spiro atoms. The fraction of sp³-hybridized carbons (Fsp3) is 1.00. The van der Waals surface area contributed by atoms with Crippen molar-refractivity contribution in [1.82, 2.24) is 5.32 Å². The maximum Gasteiger partial charge on any atom is 0.0726 e. The first kappa shape index (κ1) is 11.4. The Morgan fingerprint density at radius 3 is 2.47 bits per heavy atom. The van der Waals surface area contributed by atoms with E-state index in [-0.39, 0.29) is 0 Å². The summed E-state index contributed by atoms with van der Waals surface area (Å²) in [4.78, 5) is 0. The van der Waals surface area contributed by atoms with Gasteiger partial charge in [0.1, 0.15) is 0 Å². The summed E-state index contributed by atoms with van der Waals surface area (Å²) in [6, 6.07) is 1.30. The van der Waals surface area contributed by atoms with E-state index in [9.17, 15) is 0 Å². The van der Waals surface area contributed by atoms with Gasteiger partial charge in [-0.2, -0.15) is 0 Å². The summed E-state index contributed by atoms with van der Waals surface area (Å²) in [5, 5.41) is 3.76. The van der Waals surface area contributed by atoms with E-state index in [2.05, 4.69) is 19.2 Å². The summed E-state index contributed by atoms with van der Waals surface area (Å²) >= 11 is 0. The lowest BCUT2D eigenvalue weighted by Crippen LogP contribution is -2.44. The minimum atomic E-state index is 0.476. The highest BCUT2D eigenvalue weighted by atomic mass is 16.5. The van der Waals surface area contributed by atoms with E-state index in [1.54, 1.807) is 0 Å². The number of rotatable bonds is 3. The molecule has 1 aliphatic heterocycles. The summed E-state index contributed by atoms with van der Waals surface area (Å²) in [6.45, 7) is 5.63. The predicted octanol–water partition coefficient (Wildman–Crippen LogP) is 2.72. The molecular formula is C13H25NO. The molecule has 2 fully saturated rings. The van der Waals surface area contributed by atoms with Gasteiger partial charge in [-0.3, -0.25) is 0 Å². The molecule has 15 heavy (non-hydrogen) atoms. The van der Waals surface area contributed by atoms with Crippen molar-refractivity contribution >= 4 is 0 Å². The maximum absolute atomic E-state index is 5.71. The zero-order valence-corrected chi connectivity index (χ0v) is 10.2. The maximum atomic E-state index is 5.71. The first-order valence-electron chi connectivity index (χ1n) is 6.63.